The zero-order valence-electron chi connectivity index (χ0n) is 10.5. The molecule has 2 aromatic rings. The number of aromatic nitrogens is 3. The molecule has 1 saturated heterocycles. The Bertz CT molecular complexity index is 547. The molecule has 0 unspecified atom stereocenters. The Hall–Kier alpha value is -1.95. The van der Waals surface area contributed by atoms with Gasteiger partial charge in [-0.15, -0.1) is 0 Å². The molecule has 0 atom stereocenters. The third kappa shape index (κ3) is 2.90. The molecule has 3 rings (SSSR count). The van der Waals surface area contributed by atoms with E-state index in [1.165, 1.54) is 12.3 Å². The van der Waals surface area contributed by atoms with Gasteiger partial charge in [0, 0.05) is 23.9 Å². The minimum atomic E-state index is -0.347. The smallest absolute Gasteiger partial charge is 0.148 e. The van der Waals surface area contributed by atoms with Gasteiger partial charge in [0.05, 0.1) is 11.9 Å². The van der Waals surface area contributed by atoms with Gasteiger partial charge in [0.1, 0.15) is 11.6 Å². The minimum absolute atomic E-state index is 0.347. The number of hydrogen-bond donors (Lipinski definition) is 3. The molecule has 2 aromatic heterocycles. The van der Waals surface area contributed by atoms with Crippen molar-refractivity contribution >= 4 is 5.82 Å². The van der Waals surface area contributed by atoms with Gasteiger partial charge in [-0.2, -0.15) is 5.10 Å². The van der Waals surface area contributed by atoms with Crippen LogP contribution in [-0.4, -0.2) is 34.3 Å². The van der Waals surface area contributed by atoms with Crippen molar-refractivity contribution in [2.45, 2.75) is 18.9 Å². The maximum atomic E-state index is 13.1. The summed E-state index contributed by atoms with van der Waals surface area (Å²) in [4.78, 5) is 3.83. The maximum absolute atomic E-state index is 13.1. The number of aromatic amines is 1. The van der Waals surface area contributed by atoms with E-state index in [1.807, 2.05) is 6.07 Å². The first-order valence-electron chi connectivity index (χ1n) is 6.45. The van der Waals surface area contributed by atoms with Crippen LogP contribution < -0.4 is 10.6 Å². The first-order valence-corrected chi connectivity index (χ1v) is 6.45. The Morgan fingerprint density at radius 3 is 2.84 bits per heavy atom. The highest BCUT2D eigenvalue weighted by molar-refractivity contribution is 5.61. The normalized spacial score (nSPS) is 16.5. The molecule has 0 amide bonds. The lowest BCUT2D eigenvalue weighted by molar-refractivity contribution is 0.478. The lowest BCUT2D eigenvalue weighted by Gasteiger charge is -2.23. The lowest BCUT2D eigenvalue weighted by Crippen LogP contribution is -2.35. The van der Waals surface area contributed by atoms with Gasteiger partial charge < -0.3 is 10.6 Å². The number of nitrogens with zero attached hydrogens (tertiary/aromatic N) is 2. The second kappa shape index (κ2) is 5.36. The van der Waals surface area contributed by atoms with Gasteiger partial charge in [0.2, 0.25) is 0 Å². The van der Waals surface area contributed by atoms with Crippen LogP contribution in [-0.2, 0) is 0 Å². The van der Waals surface area contributed by atoms with Crippen molar-refractivity contribution in [3.63, 3.8) is 0 Å². The Morgan fingerprint density at radius 1 is 1.21 bits per heavy atom. The molecule has 19 heavy (non-hydrogen) atoms. The number of piperidine rings is 1. The molecule has 1 aliphatic heterocycles. The van der Waals surface area contributed by atoms with Crippen LogP contribution >= 0.6 is 0 Å². The standard InChI is InChI=1S/C13H16FN5/c14-10-5-9(7-16-8-10)12-6-13(19-18-12)17-11-1-3-15-4-2-11/h5-8,11,15H,1-4H2,(H2,17,18,19). The van der Waals surface area contributed by atoms with Crippen LogP contribution in [0.2, 0.25) is 0 Å². The topological polar surface area (TPSA) is 65.6 Å². The second-order valence-corrected chi connectivity index (χ2v) is 4.73. The third-order valence-corrected chi connectivity index (χ3v) is 3.28. The van der Waals surface area contributed by atoms with Crippen molar-refractivity contribution in [2.24, 2.45) is 0 Å². The van der Waals surface area contributed by atoms with E-state index >= 15 is 0 Å². The summed E-state index contributed by atoms with van der Waals surface area (Å²) in [6.07, 6.45) is 4.98. The van der Waals surface area contributed by atoms with Crippen LogP contribution in [0.3, 0.4) is 0 Å². The van der Waals surface area contributed by atoms with Gasteiger partial charge >= 0.3 is 0 Å². The van der Waals surface area contributed by atoms with E-state index in [2.05, 4.69) is 25.8 Å². The van der Waals surface area contributed by atoms with Crippen molar-refractivity contribution in [3.05, 3.63) is 30.3 Å². The highest BCUT2D eigenvalue weighted by Gasteiger charge is 2.14. The number of anilines is 1. The summed E-state index contributed by atoms with van der Waals surface area (Å²) in [6.45, 7) is 2.06. The largest absolute Gasteiger partial charge is 0.366 e. The Balaban J connectivity index is 1.72. The minimum Gasteiger partial charge on any atom is -0.366 e. The average molecular weight is 261 g/mol. The summed E-state index contributed by atoms with van der Waals surface area (Å²) in [7, 11) is 0. The van der Waals surface area contributed by atoms with E-state index in [1.54, 1.807) is 6.20 Å². The summed E-state index contributed by atoms with van der Waals surface area (Å²) in [5.41, 5.74) is 1.47. The number of hydrogen-bond acceptors (Lipinski definition) is 4. The molecule has 0 bridgehead atoms. The Morgan fingerprint density at radius 2 is 2.05 bits per heavy atom. The first-order chi connectivity index (χ1) is 9.31. The quantitative estimate of drug-likeness (QED) is 0.788. The molecule has 0 aromatic carbocycles. The molecule has 5 nitrogen and oxygen atoms in total. The molecule has 0 saturated carbocycles. The maximum Gasteiger partial charge on any atom is 0.148 e. The van der Waals surface area contributed by atoms with E-state index in [0.29, 0.717) is 11.6 Å². The van der Waals surface area contributed by atoms with Gasteiger partial charge in [-0.25, -0.2) is 4.39 Å². The predicted molar refractivity (Wildman–Crippen MR) is 71.3 cm³/mol. The molecule has 0 spiro atoms. The van der Waals surface area contributed by atoms with Gasteiger partial charge in [0.15, 0.2) is 0 Å². The SMILES string of the molecule is Fc1cncc(-c2cc(NC3CCNCC3)n[nH]2)c1. The molecule has 1 fully saturated rings. The lowest BCUT2D eigenvalue weighted by atomic mass is 10.1. The number of rotatable bonds is 3. The summed E-state index contributed by atoms with van der Waals surface area (Å²) < 4.78 is 13.1. The van der Waals surface area contributed by atoms with Crippen molar-refractivity contribution in [2.75, 3.05) is 18.4 Å². The van der Waals surface area contributed by atoms with Gasteiger partial charge in [0.25, 0.3) is 0 Å². The van der Waals surface area contributed by atoms with Crippen molar-refractivity contribution in [1.29, 1.82) is 0 Å². The van der Waals surface area contributed by atoms with Crippen molar-refractivity contribution in [1.82, 2.24) is 20.5 Å². The number of nitrogens with one attached hydrogen (secondary N) is 3. The molecule has 3 N–H and O–H groups in total. The van der Waals surface area contributed by atoms with Crippen LogP contribution in [0, 0.1) is 5.82 Å². The van der Waals surface area contributed by atoms with Crippen LogP contribution in [0.5, 0.6) is 0 Å². The number of pyridine rings is 1. The molecule has 0 radical (unpaired) electrons. The summed E-state index contributed by atoms with van der Waals surface area (Å²) in [5, 5.41) is 13.8. The van der Waals surface area contributed by atoms with Crippen LogP contribution in [0.15, 0.2) is 24.5 Å². The van der Waals surface area contributed by atoms with E-state index < -0.39 is 0 Å². The average Bonchev–Trinajstić information content (AvgIpc) is 2.88. The Labute approximate surface area is 110 Å². The highest BCUT2D eigenvalue weighted by Crippen LogP contribution is 2.20. The molecule has 3 heterocycles. The van der Waals surface area contributed by atoms with Crippen molar-refractivity contribution in [3.8, 4) is 11.3 Å². The fourth-order valence-electron chi connectivity index (χ4n) is 2.28. The highest BCUT2D eigenvalue weighted by atomic mass is 19.1. The predicted octanol–water partition coefficient (Wildman–Crippen LogP) is 1.77. The van der Waals surface area contributed by atoms with E-state index in [9.17, 15) is 4.39 Å². The number of halogens is 1. The summed E-state index contributed by atoms with van der Waals surface area (Å²) in [5.74, 6) is 0.450. The van der Waals surface area contributed by atoms with Crippen molar-refractivity contribution < 1.29 is 4.39 Å². The third-order valence-electron chi connectivity index (χ3n) is 3.28. The summed E-state index contributed by atoms with van der Waals surface area (Å²) >= 11 is 0. The number of H-pyrrole nitrogens is 1. The van der Waals surface area contributed by atoms with E-state index in [4.69, 9.17) is 0 Å². The molecular formula is C13H16FN5. The Kier molecular flexibility index (Phi) is 3.41. The molecular weight excluding hydrogens is 245 g/mol. The van der Waals surface area contributed by atoms with Gasteiger partial charge in [-0.05, 0) is 32.0 Å². The summed E-state index contributed by atoms with van der Waals surface area (Å²) in [6, 6.07) is 3.77. The fourth-order valence-corrected chi connectivity index (χ4v) is 2.28. The van der Waals surface area contributed by atoms with Crippen LogP contribution in [0.25, 0.3) is 11.3 Å². The van der Waals surface area contributed by atoms with Crippen LogP contribution in [0.4, 0.5) is 10.2 Å². The molecule has 0 aliphatic carbocycles. The van der Waals surface area contributed by atoms with E-state index in [-0.39, 0.29) is 5.82 Å². The second-order valence-electron chi connectivity index (χ2n) is 4.73. The fraction of sp³-hybridized carbons (Fsp3) is 0.385. The van der Waals surface area contributed by atoms with Gasteiger partial charge in [-0.1, -0.05) is 0 Å². The van der Waals surface area contributed by atoms with Crippen LogP contribution in [0.1, 0.15) is 12.8 Å². The zero-order valence-corrected chi connectivity index (χ0v) is 10.5. The van der Waals surface area contributed by atoms with Gasteiger partial charge in [-0.3, -0.25) is 10.1 Å². The monoisotopic (exact) mass is 261 g/mol. The van der Waals surface area contributed by atoms with E-state index in [0.717, 1.165) is 37.4 Å². The molecule has 100 valence electrons. The first kappa shape index (κ1) is 12.1. The molecule has 6 heteroatoms. The molecule has 1 aliphatic rings. The zero-order chi connectivity index (χ0) is 13.1.